The van der Waals surface area contributed by atoms with Crippen LogP contribution in [-0.4, -0.2) is 28.2 Å². The van der Waals surface area contributed by atoms with Gasteiger partial charge in [-0.2, -0.15) is 4.98 Å². The lowest BCUT2D eigenvalue weighted by Crippen LogP contribution is -2.08. The molecule has 0 amide bonds. The molecule has 3 aromatic rings. The van der Waals surface area contributed by atoms with Crippen molar-refractivity contribution in [2.45, 2.75) is 12.3 Å². The highest BCUT2D eigenvalue weighted by molar-refractivity contribution is 5.92. The monoisotopic (exact) mass is 302 g/mol. The first-order valence-corrected chi connectivity index (χ1v) is 6.80. The molecule has 4 rings (SSSR count). The molecule has 0 spiro atoms. The van der Waals surface area contributed by atoms with Gasteiger partial charge in [0.2, 0.25) is 11.7 Å². The predicted molar refractivity (Wildman–Crippen MR) is 82.5 cm³/mol. The Morgan fingerprint density at radius 2 is 2.10 bits per heavy atom. The van der Waals surface area contributed by atoms with E-state index < -0.39 is 0 Å². The van der Waals surface area contributed by atoms with Crippen LogP contribution < -0.4 is 5.32 Å². The molecule has 1 atom stereocenters. The smallest absolute Gasteiger partial charge is 0.231 e. The standard InChI is InChI=1S/C15H14N4O.ClH/c1-2-4-12-10(3-1)6-8-17-13(12)14-18-15(20-19-14)11-5-7-16-9-11;/h1-4,6,8,11,16H,5,7,9H2;1H. The third-order valence-corrected chi connectivity index (χ3v) is 3.74. The SMILES string of the molecule is Cl.c1ccc2c(-c3noc(C4CCNC4)n3)nccc2c1. The lowest BCUT2D eigenvalue weighted by Gasteiger charge is -2.01. The third-order valence-electron chi connectivity index (χ3n) is 3.74. The molecule has 1 aliphatic heterocycles. The number of aromatic nitrogens is 3. The van der Waals surface area contributed by atoms with Gasteiger partial charge in [0.15, 0.2) is 0 Å². The Kier molecular flexibility index (Phi) is 3.86. The summed E-state index contributed by atoms with van der Waals surface area (Å²) in [4.78, 5) is 8.95. The van der Waals surface area contributed by atoms with Crippen molar-refractivity contribution < 1.29 is 4.52 Å². The van der Waals surface area contributed by atoms with Crippen molar-refractivity contribution >= 4 is 23.2 Å². The Morgan fingerprint density at radius 1 is 1.19 bits per heavy atom. The third kappa shape index (κ3) is 2.50. The molecule has 0 bridgehead atoms. The van der Waals surface area contributed by atoms with E-state index in [1.54, 1.807) is 6.20 Å². The summed E-state index contributed by atoms with van der Waals surface area (Å²) < 4.78 is 5.41. The summed E-state index contributed by atoms with van der Waals surface area (Å²) in [5, 5.41) is 9.59. The molecule has 0 radical (unpaired) electrons. The fourth-order valence-corrected chi connectivity index (χ4v) is 2.66. The van der Waals surface area contributed by atoms with E-state index in [4.69, 9.17) is 4.52 Å². The number of halogens is 1. The van der Waals surface area contributed by atoms with E-state index >= 15 is 0 Å². The topological polar surface area (TPSA) is 63.8 Å². The van der Waals surface area contributed by atoms with E-state index in [1.807, 2.05) is 24.3 Å². The maximum Gasteiger partial charge on any atom is 0.231 e. The number of nitrogens with one attached hydrogen (secondary N) is 1. The zero-order chi connectivity index (χ0) is 13.4. The van der Waals surface area contributed by atoms with Crippen LogP contribution in [0, 0.1) is 0 Å². The summed E-state index contributed by atoms with van der Waals surface area (Å²) >= 11 is 0. The van der Waals surface area contributed by atoms with Crippen LogP contribution in [0.25, 0.3) is 22.3 Å². The average molecular weight is 303 g/mol. The van der Waals surface area contributed by atoms with E-state index in [0.717, 1.165) is 36.0 Å². The molecule has 1 aromatic carbocycles. The first-order valence-electron chi connectivity index (χ1n) is 6.80. The number of nitrogens with zero attached hydrogens (tertiary/aromatic N) is 3. The van der Waals surface area contributed by atoms with Gasteiger partial charge in [0, 0.05) is 18.1 Å². The zero-order valence-corrected chi connectivity index (χ0v) is 12.1. The minimum absolute atomic E-state index is 0. The predicted octanol–water partition coefficient (Wildman–Crippen LogP) is 2.78. The highest BCUT2D eigenvalue weighted by Gasteiger charge is 2.23. The van der Waals surface area contributed by atoms with Crippen LogP contribution in [0.15, 0.2) is 41.1 Å². The van der Waals surface area contributed by atoms with Crippen LogP contribution in [0.2, 0.25) is 0 Å². The molecule has 1 aliphatic rings. The van der Waals surface area contributed by atoms with Gasteiger partial charge in [0.25, 0.3) is 0 Å². The van der Waals surface area contributed by atoms with Gasteiger partial charge < -0.3 is 9.84 Å². The van der Waals surface area contributed by atoms with Gasteiger partial charge in [-0.25, -0.2) is 0 Å². The lowest BCUT2D eigenvalue weighted by atomic mass is 10.1. The van der Waals surface area contributed by atoms with E-state index in [2.05, 4.69) is 26.5 Å². The second-order valence-corrected chi connectivity index (χ2v) is 5.03. The molecule has 0 aliphatic carbocycles. The average Bonchev–Trinajstić information content (AvgIpc) is 3.17. The molecule has 1 saturated heterocycles. The van der Waals surface area contributed by atoms with Crippen LogP contribution in [-0.2, 0) is 0 Å². The molecule has 6 heteroatoms. The molecule has 2 aromatic heterocycles. The van der Waals surface area contributed by atoms with Crippen molar-refractivity contribution in [2.24, 2.45) is 0 Å². The van der Waals surface area contributed by atoms with E-state index in [1.165, 1.54) is 0 Å². The largest absolute Gasteiger partial charge is 0.339 e. The molecular formula is C15H15ClN4O. The number of fused-ring (bicyclic) bond motifs is 1. The Balaban J connectivity index is 0.00000132. The van der Waals surface area contributed by atoms with Gasteiger partial charge >= 0.3 is 0 Å². The van der Waals surface area contributed by atoms with Gasteiger partial charge in [0.05, 0.1) is 5.92 Å². The number of benzene rings is 1. The van der Waals surface area contributed by atoms with Gasteiger partial charge in [-0.05, 0) is 24.4 Å². The number of hydrogen-bond acceptors (Lipinski definition) is 5. The second kappa shape index (κ2) is 5.79. The molecule has 108 valence electrons. The van der Waals surface area contributed by atoms with E-state index in [-0.39, 0.29) is 12.4 Å². The Labute approximate surface area is 128 Å². The molecular weight excluding hydrogens is 288 g/mol. The number of rotatable bonds is 2. The van der Waals surface area contributed by atoms with Gasteiger partial charge in [-0.1, -0.05) is 29.4 Å². The summed E-state index contributed by atoms with van der Waals surface area (Å²) in [6, 6.07) is 10.1. The molecule has 3 heterocycles. The molecule has 1 unspecified atom stereocenters. The molecule has 21 heavy (non-hydrogen) atoms. The van der Waals surface area contributed by atoms with Crippen LogP contribution >= 0.6 is 12.4 Å². The van der Waals surface area contributed by atoms with Crippen molar-refractivity contribution in [1.29, 1.82) is 0 Å². The molecule has 1 N–H and O–H groups in total. The summed E-state index contributed by atoms with van der Waals surface area (Å²) in [5.41, 5.74) is 0.782. The molecule has 0 saturated carbocycles. The van der Waals surface area contributed by atoms with Crippen molar-refractivity contribution in [1.82, 2.24) is 20.4 Å². The molecule has 1 fully saturated rings. The summed E-state index contributed by atoms with van der Waals surface area (Å²) in [6.45, 7) is 1.92. The van der Waals surface area contributed by atoms with Crippen molar-refractivity contribution in [3.8, 4) is 11.5 Å². The van der Waals surface area contributed by atoms with Crippen LogP contribution in [0.3, 0.4) is 0 Å². The van der Waals surface area contributed by atoms with Gasteiger partial charge in [-0.3, -0.25) is 4.98 Å². The van der Waals surface area contributed by atoms with Crippen molar-refractivity contribution in [3.63, 3.8) is 0 Å². The summed E-state index contributed by atoms with van der Waals surface area (Å²) in [6.07, 6.45) is 2.83. The minimum atomic E-state index is 0. The van der Waals surface area contributed by atoms with E-state index in [0.29, 0.717) is 17.6 Å². The highest BCUT2D eigenvalue weighted by atomic mass is 35.5. The summed E-state index contributed by atoms with van der Waals surface area (Å²) in [7, 11) is 0. The fourth-order valence-electron chi connectivity index (χ4n) is 2.66. The highest BCUT2D eigenvalue weighted by Crippen LogP contribution is 2.27. The maximum atomic E-state index is 5.41. The van der Waals surface area contributed by atoms with Crippen LogP contribution in [0.1, 0.15) is 18.2 Å². The Morgan fingerprint density at radius 3 is 2.95 bits per heavy atom. The van der Waals surface area contributed by atoms with Crippen molar-refractivity contribution in [2.75, 3.05) is 13.1 Å². The maximum absolute atomic E-state index is 5.41. The number of hydrogen-bond donors (Lipinski definition) is 1. The first-order chi connectivity index (χ1) is 9.92. The first kappa shape index (κ1) is 14.0. The van der Waals surface area contributed by atoms with Gasteiger partial charge in [0.1, 0.15) is 5.69 Å². The molecule has 5 nitrogen and oxygen atoms in total. The van der Waals surface area contributed by atoms with Crippen molar-refractivity contribution in [3.05, 3.63) is 42.4 Å². The minimum Gasteiger partial charge on any atom is -0.339 e. The number of pyridine rings is 1. The van der Waals surface area contributed by atoms with Crippen LogP contribution in [0.4, 0.5) is 0 Å². The van der Waals surface area contributed by atoms with Crippen LogP contribution in [0.5, 0.6) is 0 Å². The normalized spacial score (nSPS) is 17.8. The lowest BCUT2D eigenvalue weighted by molar-refractivity contribution is 0.359. The fraction of sp³-hybridized carbons (Fsp3) is 0.267. The summed E-state index contributed by atoms with van der Waals surface area (Å²) in [5.74, 6) is 1.61. The second-order valence-electron chi connectivity index (χ2n) is 5.03. The van der Waals surface area contributed by atoms with E-state index in [9.17, 15) is 0 Å². The quantitative estimate of drug-likeness (QED) is 0.788. The van der Waals surface area contributed by atoms with Gasteiger partial charge in [-0.15, -0.1) is 12.4 Å². The Hall–Kier alpha value is -1.98. The Bertz CT molecular complexity index is 747. The zero-order valence-electron chi connectivity index (χ0n) is 11.3.